The maximum atomic E-state index is 12.0. The van der Waals surface area contributed by atoms with Gasteiger partial charge in [-0.3, -0.25) is 4.79 Å². The van der Waals surface area contributed by atoms with Gasteiger partial charge < -0.3 is 10.5 Å². The summed E-state index contributed by atoms with van der Waals surface area (Å²) >= 11 is 0. The molecule has 4 heterocycles. The predicted octanol–water partition coefficient (Wildman–Crippen LogP) is 1.85. The van der Waals surface area contributed by atoms with Crippen molar-refractivity contribution in [3.8, 4) is 40.5 Å². The lowest BCUT2D eigenvalue weighted by molar-refractivity contribution is 0.283. The number of anilines is 1. The monoisotopic (exact) mass is 476 g/mol. The minimum absolute atomic E-state index is 0.0465. The Labute approximate surface area is 203 Å². The van der Waals surface area contributed by atoms with Crippen LogP contribution in [0.25, 0.3) is 28.2 Å². The summed E-state index contributed by atoms with van der Waals surface area (Å²) in [6.45, 7) is -0.0911. The van der Waals surface area contributed by atoms with Crippen LogP contribution in [0.4, 0.5) is 5.95 Å². The molecule has 1 aromatic carbocycles. The number of ether oxygens (including phenoxy) is 1. The van der Waals surface area contributed by atoms with Gasteiger partial charge in [-0.1, -0.05) is 12.1 Å². The highest BCUT2D eigenvalue weighted by molar-refractivity contribution is 5.89. The number of aromatic nitrogens is 7. The number of nitrogen functional groups attached to an aromatic ring is 1. The van der Waals surface area contributed by atoms with Crippen LogP contribution in [0.2, 0.25) is 0 Å². The molecule has 36 heavy (non-hydrogen) atoms. The summed E-state index contributed by atoms with van der Waals surface area (Å²) in [4.78, 5) is 25.2. The number of fused-ring (bicyclic) bond motifs is 1. The van der Waals surface area contributed by atoms with Gasteiger partial charge in [0.1, 0.15) is 11.6 Å². The number of pyridine rings is 1. The molecule has 0 aliphatic rings. The topological polar surface area (TPSA) is 174 Å². The smallest absolute Gasteiger partial charge is 0.266 e. The van der Waals surface area contributed by atoms with E-state index in [-0.39, 0.29) is 35.4 Å². The highest BCUT2D eigenvalue weighted by Gasteiger charge is 2.22. The van der Waals surface area contributed by atoms with Gasteiger partial charge in [0.2, 0.25) is 11.8 Å². The molecule has 0 radical (unpaired) electrons. The SMILES string of the molecule is Cn1nc(-c2c(-c3cccc(C#N)c3)nc(N)n3nc(COc4ncccc4C#N)nc23)ccc1=O. The zero-order valence-electron chi connectivity index (χ0n) is 18.8. The Kier molecular flexibility index (Phi) is 5.52. The van der Waals surface area contributed by atoms with Crippen molar-refractivity contribution in [1.29, 1.82) is 10.5 Å². The summed E-state index contributed by atoms with van der Waals surface area (Å²) in [6, 6.07) is 17.2. The summed E-state index contributed by atoms with van der Waals surface area (Å²) < 4.78 is 8.23. The summed E-state index contributed by atoms with van der Waals surface area (Å²) in [5, 5.41) is 27.4. The Morgan fingerprint density at radius 2 is 1.92 bits per heavy atom. The van der Waals surface area contributed by atoms with Crippen LogP contribution in [-0.2, 0) is 13.7 Å². The van der Waals surface area contributed by atoms with E-state index in [0.29, 0.717) is 33.7 Å². The Morgan fingerprint density at radius 3 is 2.69 bits per heavy atom. The zero-order valence-corrected chi connectivity index (χ0v) is 18.8. The molecule has 0 amide bonds. The van der Waals surface area contributed by atoms with Gasteiger partial charge >= 0.3 is 0 Å². The molecule has 0 spiro atoms. The lowest BCUT2D eigenvalue weighted by Gasteiger charge is -2.12. The minimum atomic E-state index is -0.287. The quantitative estimate of drug-likeness (QED) is 0.394. The van der Waals surface area contributed by atoms with Gasteiger partial charge in [0.05, 0.1) is 28.6 Å². The second-order valence-corrected chi connectivity index (χ2v) is 7.59. The average Bonchev–Trinajstić information content (AvgIpc) is 3.34. The van der Waals surface area contributed by atoms with Crippen LogP contribution < -0.4 is 16.0 Å². The van der Waals surface area contributed by atoms with E-state index < -0.39 is 0 Å². The molecule has 0 saturated heterocycles. The zero-order chi connectivity index (χ0) is 25.2. The minimum Gasteiger partial charge on any atom is -0.468 e. The molecule has 174 valence electrons. The Bertz CT molecular complexity index is 1780. The molecule has 5 rings (SSSR count). The molecule has 12 heteroatoms. The number of rotatable bonds is 5. The van der Waals surface area contributed by atoms with E-state index in [9.17, 15) is 15.3 Å². The van der Waals surface area contributed by atoms with Crippen molar-refractivity contribution < 1.29 is 4.74 Å². The molecule has 0 unspecified atom stereocenters. The van der Waals surface area contributed by atoms with E-state index >= 15 is 0 Å². The molecule has 0 aliphatic heterocycles. The van der Waals surface area contributed by atoms with E-state index in [2.05, 4.69) is 31.2 Å². The third-order valence-corrected chi connectivity index (χ3v) is 5.27. The van der Waals surface area contributed by atoms with Gasteiger partial charge in [-0.15, -0.1) is 5.10 Å². The van der Waals surface area contributed by atoms with E-state index in [1.54, 1.807) is 42.5 Å². The van der Waals surface area contributed by atoms with Gasteiger partial charge in [-0.05, 0) is 30.3 Å². The number of aryl methyl sites for hydroxylation is 1. The van der Waals surface area contributed by atoms with Gasteiger partial charge in [0.25, 0.3) is 5.56 Å². The highest BCUT2D eigenvalue weighted by atomic mass is 16.5. The van der Waals surface area contributed by atoms with Crippen molar-refractivity contribution in [2.24, 2.45) is 7.05 Å². The molecule has 0 atom stereocenters. The maximum Gasteiger partial charge on any atom is 0.266 e. The van der Waals surface area contributed by atoms with Crippen molar-refractivity contribution in [3.05, 3.63) is 82.0 Å². The lowest BCUT2D eigenvalue weighted by Crippen LogP contribution is -2.18. The number of hydrogen-bond donors (Lipinski definition) is 1. The lowest BCUT2D eigenvalue weighted by atomic mass is 10.0. The highest BCUT2D eigenvalue weighted by Crippen LogP contribution is 2.33. The first-order chi connectivity index (χ1) is 17.5. The third-order valence-electron chi connectivity index (χ3n) is 5.27. The largest absolute Gasteiger partial charge is 0.468 e. The molecule has 12 nitrogen and oxygen atoms in total. The number of nitrogens with two attached hydrogens (primary N) is 1. The Morgan fingerprint density at radius 1 is 1.06 bits per heavy atom. The Balaban J connectivity index is 1.69. The van der Waals surface area contributed by atoms with Gasteiger partial charge in [0.15, 0.2) is 18.1 Å². The van der Waals surface area contributed by atoms with Crippen molar-refractivity contribution >= 4 is 11.6 Å². The molecule has 5 aromatic rings. The predicted molar refractivity (Wildman–Crippen MR) is 127 cm³/mol. The molecule has 4 aromatic heterocycles. The Hall–Kier alpha value is -5.62. The average molecular weight is 476 g/mol. The molecule has 0 fully saturated rings. The summed E-state index contributed by atoms with van der Waals surface area (Å²) in [6.07, 6.45) is 1.51. The summed E-state index contributed by atoms with van der Waals surface area (Å²) in [5.74, 6) is 0.455. The first-order valence-electron chi connectivity index (χ1n) is 10.6. The third kappa shape index (κ3) is 3.95. The van der Waals surface area contributed by atoms with Crippen LogP contribution in [0.3, 0.4) is 0 Å². The van der Waals surface area contributed by atoms with Crippen LogP contribution in [0.1, 0.15) is 17.0 Å². The van der Waals surface area contributed by atoms with Crippen LogP contribution in [0.5, 0.6) is 5.88 Å². The first kappa shape index (κ1) is 22.2. The van der Waals surface area contributed by atoms with Crippen LogP contribution in [-0.4, -0.2) is 34.3 Å². The van der Waals surface area contributed by atoms with E-state index in [0.717, 1.165) is 0 Å². The number of nitrogens with zero attached hydrogens (tertiary/aromatic N) is 9. The molecular weight excluding hydrogens is 460 g/mol. The fourth-order valence-electron chi connectivity index (χ4n) is 3.60. The molecular formula is C24H16N10O2. The van der Waals surface area contributed by atoms with Gasteiger partial charge in [0, 0.05) is 24.9 Å². The standard InChI is InChI=1S/C24H16N10O2/c1-33-19(35)8-7-17(31-33)20-21(15-5-2-4-14(10-15)11-25)30-24(27)34-22(20)29-18(32-34)13-36-23-16(12-26)6-3-9-28-23/h2-10H,13H2,1H3,(H2,27,30). The van der Waals surface area contributed by atoms with E-state index in [1.165, 1.54) is 28.5 Å². The number of nitriles is 2. The first-order valence-corrected chi connectivity index (χ1v) is 10.6. The van der Waals surface area contributed by atoms with E-state index in [1.807, 2.05) is 6.07 Å². The molecule has 0 bridgehead atoms. The van der Waals surface area contributed by atoms with Crippen LogP contribution in [0, 0.1) is 22.7 Å². The van der Waals surface area contributed by atoms with Crippen molar-refractivity contribution in [2.45, 2.75) is 6.61 Å². The van der Waals surface area contributed by atoms with E-state index in [4.69, 9.17) is 10.5 Å². The number of hydrogen-bond acceptors (Lipinski definition) is 10. The summed E-state index contributed by atoms with van der Waals surface area (Å²) in [7, 11) is 1.53. The van der Waals surface area contributed by atoms with Gasteiger partial charge in [-0.25, -0.2) is 19.6 Å². The molecule has 0 saturated carbocycles. The van der Waals surface area contributed by atoms with Gasteiger partial charge in [-0.2, -0.15) is 20.1 Å². The van der Waals surface area contributed by atoms with Crippen LogP contribution >= 0.6 is 0 Å². The molecule has 0 aliphatic carbocycles. The molecule has 2 N–H and O–H groups in total. The van der Waals surface area contributed by atoms with Crippen molar-refractivity contribution in [2.75, 3.05) is 5.73 Å². The summed E-state index contributed by atoms with van der Waals surface area (Å²) in [5.41, 5.74) is 8.89. The second kappa shape index (κ2) is 8.96. The maximum absolute atomic E-state index is 12.0. The van der Waals surface area contributed by atoms with Crippen molar-refractivity contribution in [1.82, 2.24) is 34.3 Å². The van der Waals surface area contributed by atoms with Crippen LogP contribution in [0.15, 0.2) is 59.5 Å². The van der Waals surface area contributed by atoms with Crippen molar-refractivity contribution in [3.63, 3.8) is 0 Å². The second-order valence-electron chi connectivity index (χ2n) is 7.59. The normalized spacial score (nSPS) is 10.6. The number of benzene rings is 1. The fraction of sp³-hybridized carbons (Fsp3) is 0.0833. The fourth-order valence-corrected chi connectivity index (χ4v) is 3.60.